The van der Waals surface area contributed by atoms with Crippen molar-refractivity contribution in [3.63, 3.8) is 0 Å². The summed E-state index contributed by atoms with van der Waals surface area (Å²) < 4.78 is 59.4. The Balaban J connectivity index is 0.000000125. The van der Waals surface area contributed by atoms with Crippen LogP contribution in [-0.2, 0) is 35.8 Å². The number of carbonyl (C=O) groups is 4. The van der Waals surface area contributed by atoms with Gasteiger partial charge in [0.05, 0.1) is 50.8 Å². The second kappa shape index (κ2) is 33.7. The summed E-state index contributed by atoms with van der Waals surface area (Å²) in [6.07, 6.45) is 7.60. The fraction of sp³-hybridized carbons (Fsp3) is 0.111. The lowest BCUT2D eigenvalue weighted by atomic mass is 10.1. The summed E-state index contributed by atoms with van der Waals surface area (Å²) in [7, 11) is 0. The number of amides is 4. The number of aryl methyl sites for hydroxylation is 4. The number of fused-ring (bicyclic) bond motifs is 26. The Bertz CT molecular complexity index is 8830. The maximum Gasteiger partial charge on any atom is 0.255 e. The van der Waals surface area contributed by atoms with Crippen LogP contribution >= 0.6 is 46.4 Å². The maximum absolute atomic E-state index is 13.1. The van der Waals surface area contributed by atoms with Crippen molar-refractivity contribution in [2.24, 2.45) is 30.0 Å². The first-order valence-corrected chi connectivity index (χ1v) is 46.1. The van der Waals surface area contributed by atoms with Crippen LogP contribution in [0.4, 0.5) is 56.9 Å². The number of anilines is 4. The molecule has 0 aliphatic carbocycles. The van der Waals surface area contributed by atoms with E-state index in [9.17, 15) is 19.2 Å². The van der Waals surface area contributed by atoms with E-state index >= 15 is 0 Å². The monoisotopic (exact) mass is 1900 g/mol. The number of nitrogens with zero attached hydrogens (tertiary/aromatic N) is 10. The number of ether oxygens (including phenoxy) is 8. The topological polar surface area (TPSA) is 284 Å². The fourth-order valence-corrected chi connectivity index (χ4v) is 20.1. The lowest BCUT2D eigenvalue weighted by molar-refractivity contribution is -0.115. The van der Waals surface area contributed by atoms with Crippen molar-refractivity contribution in [2.45, 2.75) is 74.6 Å². The van der Waals surface area contributed by atoms with E-state index < -0.39 is 17.7 Å². The van der Waals surface area contributed by atoms with Crippen molar-refractivity contribution in [1.29, 1.82) is 0 Å². The van der Waals surface area contributed by atoms with Crippen molar-refractivity contribution >= 4 is 214 Å². The number of rotatable bonds is 13. The summed E-state index contributed by atoms with van der Waals surface area (Å²) >= 11 is 28.1. The van der Waals surface area contributed by atoms with Gasteiger partial charge in [-0.2, -0.15) is 0 Å². The van der Waals surface area contributed by atoms with E-state index in [0.717, 1.165) is 91.6 Å². The maximum atomic E-state index is 13.1. The van der Waals surface area contributed by atoms with E-state index in [2.05, 4.69) is 183 Å². The van der Waals surface area contributed by atoms with Gasteiger partial charge < -0.3 is 77.4 Å². The van der Waals surface area contributed by atoms with Crippen molar-refractivity contribution < 1.29 is 59.9 Å². The van der Waals surface area contributed by atoms with Gasteiger partial charge in [-0.3, -0.25) is 19.2 Å². The molecule has 0 spiro atoms. The Hall–Kier alpha value is -16.7. The number of halogens is 4. The van der Waals surface area contributed by atoms with Gasteiger partial charge in [-0.25, -0.2) is 30.0 Å². The van der Waals surface area contributed by atoms with Gasteiger partial charge in [0.15, 0.2) is 74.7 Å². The Kier molecular flexibility index (Phi) is 20.9. The van der Waals surface area contributed by atoms with Crippen LogP contribution < -0.4 is 91.3 Å². The normalized spacial score (nSPS) is 12.5. The van der Waals surface area contributed by atoms with Crippen LogP contribution in [-0.4, -0.2) is 48.5 Å². The number of para-hydroxylation sites is 4. The largest absolute Gasteiger partial charge is 0.492 e. The highest BCUT2D eigenvalue weighted by Crippen LogP contribution is 2.54. The Morgan fingerprint density at radius 3 is 1.05 bits per heavy atom. The van der Waals surface area contributed by atoms with Gasteiger partial charge in [-0.05, 0) is 120 Å². The standard InChI is InChI=1S/C40H30N6O8.2C34H22Cl2N4O2.2H2/c1-5-51-29-17-27-31(19-25(29)45-39(49)23-13-9-7-10-14-23)53-37-34(42-22(4)48)36-38(33(35(37)43-27)41-21(3)47)54-32-20-26(30(52-6-2)18-28(32)44-36)46-40(50)24-15-11-8-12-16-24;1-3-39-23-11-7-5-9-17(23)19-13-21-27(15-25(19)39)41-33-29(35)32-34(30(36)31(33)37-21)42-28-16-26-20(14-22(28)38-32)18-10-6-8-12-24(18)40(26)4-2;1-3-39-21-11-7-5-9-17(21)25-23(39)15-13-19-31(25)41-33-27(35)30-34(28(36)29(33)37-19)42-32-20(38-30)14-16-24-26(32)18-10-6-8-12-22(18)40(24)4-2;;/h1,7-20H,6H2,2-4H3,(H,41,47)(H,42,48)(H,45,49)(H,46,50);2*5-16H,3-4H2,1-2H3;2*1H. The van der Waals surface area contributed by atoms with E-state index in [1.54, 1.807) is 79.7 Å². The molecule has 0 radical (unpaired) electrons. The number of benzene rings is 15. The van der Waals surface area contributed by atoms with E-state index in [-0.39, 0.29) is 77.6 Å². The lowest BCUT2D eigenvalue weighted by Crippen LogP contribution is -2.29. The molecule has 138 heavy (non-hydrogen) atoms. The smallest absolute Gasteiger partial charge is 0.255 e. The summed E-state index contributed by atoms with van der Waals surface area (Å²) in [5.74, 6) is 3.16. The molecule has 680 valence electrons. The van der Waals surface area contributed by atoms with Gasteiger partial charge in [0, 0.05) is 145 Å². The molecule has 30 heteroatoms. The first-order valence-electron chi connectivity index (χ1n) is 44.6. The Morgan fingerprint density at radius 1 is 0.333 bits per heavy atom. The van der Waals surface area contributed by atoms with E-state index in [1.807, 2.05) is 36.4 Å². The third-order valence-electron chi connectivity index (χ3n) is 25.0. The third kappa shape index (κ3) is 13.8. The lowest BCUT2D eigenvalue weighted by Gasteiger charge is -2.25. The average molecular weight is 1910 g/mol. The van der Waals surface area contributed by atoms with Crippen LogP contribution in [0.5, 0.6) is 80.5 Å². The predicted molar refractivity (Wildman–Crippen MR) is 540 cm³/mol. The van der Waals surface area contributed by atoms with Crippen LogP contribution in [0.2, 0.25) is 20.1 Å². The summed E-state index contributed by atoms with van der Waals surface area (Å²) in [4.78, 5) is 81.1. The van der Waals surface area contributed by atoms with Gasteiger partial charge in [0.1, 0.15) is 110 Å². The van der Waals surface area contributed by atoms with Crippen LogP contribution in [0.15, 0.2) is 260 Å². The van der Waals surface area contributed by atoms with Crippen LogP contribution in [0.3, 0.4) is 0 Å². The summed E-state index contributed by atoms with van der Waals surface area (Å²) in [5, 5.41) is 23.2. The zero-order valence-electron chi connectivity index (χ0n) is 74.4. The second-order valence-electron chi connectivity index (χ2n) is 33.0. The van der Waals surface area contributed by atoms with Gasteiger partial charge in [0.2, 0.25) is 11.8 Å². The van der Waals surface area contributed by atoms with Crippen molar-refractivity contribution in [3.8, 4) is 93.0 Å². The highest BCUT2D eigenvalue weighted by Gasteiger charge is 2.37. The quantitative estimate of drug-likeness (QED) is 0.0619. The number of carbonyl (C=O) groups excluding carboxylic acids is 4. The molecule has 0 unspecified atom stereocenters. The fourth-order valence-electron chi connectivity index (χ4n) is 19.1. The molecule has 4 amide bonds. The molecule has 0 fully saturated rings. The molecule has 0 bridgehead atoms. The molecule has 15 aromatic carbocycles. The minimum atomic E-state index is -0.472. The molecule has 4 N–H and O–H groups in total. The number of terminal acetylenes is 1. The highest BCUT2D eigenvalue weighted by molar-refractivity contribution is 6.36. The van der Waals surface area contributed by atoms with Crippen molar-refractivity contribution in [3.05, 3.63) is 294 Å². The van der Waals surface area contributed by atoms with Crippen LogP contribution in [0, 0.1) is 12.5 Å². The number of aromatic nitrogens is 4. The zero-order valence-corrected chi connectivity index (χ0v) is 77.5. The number of nitrogens with one attached hydrogen (secondary N) is 4. The van der Waals surface area contributed by atoms with Crippen molar-refractivity contribution in [1.82, 2.24) is 18.3 Å². The third-order valence-corrected chi connectivity index (χ3v) is 26.4. The molecule has 4 aromatic heterocycles. The van der Waals surface area contributed by atoms with E-state index in [1.165, 1.54) is 47.8 Å². The minimum absolute atomic E-state index is 0. The number of hydrogen-bond acceptors (Lipinski definition) is 18. The van der Waals surface area contributed by atoms with Crippen molar-refractivity contribution in [2.75, 3.05) is 27.9 Å². The molecule has 6 aliphatic heterocycles. The molecule has 0 atom stereocenters. The first-order chi connectivity index (χ1) is 67.3. The summed E-state index contributed by atoms with van der Waals surface area (Å²) in [6, 6.07) is 73.0. The average Bonchev–Trinajstić information content (AvgIpc) is 1.46. The van der Waals surface area contributed by atoms with Gasteiger partial charge in [-0.1, -0.05) is 162 Å². The van der Waals surface area contributed by atoms with Crippen LogP contribution in [0.25, 0.3) is 87.2 Å². The van der Waals surface area contributed by atoms with Gasteiger partial charge in [-0.15, -0.1) is 0 Å². The summed E-state index contributed by atoms with van der Waals surface area (Å²) in [6.45, 7) is 16.6. The highest BCUT2D eigenvalue weighted by atomic mass is 35.5. The second-order valence-corrected chi connectivity index (χ2v) is 34.5. The minimum Gasteiger partial charge on any atom is -0.492 e. The van der Waals surface area contributed by atoms with Gasteiger partial charge in [0.25, 0.3) is 11.8 Å². The molecule has 25 rings (SSSR count). The van der Waals surface area contributed by atoms with Crippen LogP contribution in [0.1, 0.15) is 72.0 Å². The van der Waals surface area contributed by atoms with Gasteiger partial charge >= 0.3 is 0 Å². The predicted octanol–water partition coefficient (Wildman–Crippen LogP) is 25.8. The molecule has 26 nitrogen and oxygen atoms in total. The van der Waals surface area contributed by atoms with E-state index in [0.29, 0.717) is 139 Å². The molecule has 10 heterocycles. The molecular formula is C108H78Cl4N14O12. The molecular weight excluding hydrogens is 1830 g/mol. The Morgan fingerprint density at radius 2 is 0.659 bits per heavy atom. The van der Waals surface area contributed by atoms with E-state index in [4.69, 9.17) is 121 Å². The number of hydrogen-bond donors (Lipinski definition) is 4. The molecule has 0 saturated heterocycles. The molecule has 6 aliphatic rings. The first kappa shape index (κ1) is 85.5. The Labute approximate surface area is 806 Å². The molecule has 0 saturated carbocycles. The zero-order chi connectivity index (χ0) is 94.5. The summed E-state index contributed by atoms with van der Waals surface area (Å²) in [5.41, 5.74) is 13.7. The molecule has 19 aromatic rings. The SMILES string of the molecule is C#COc1cc2c(cc1NC(=O)c1ccccc1)Oc1c(NC(C)=O)c3c(c(NC(C)=O)c1=N2)Oc1cc(NC(=O)c2ccccc2)c(OCC)cc1N=3.CCn1c2ccccc2c2c3c(ccc21)N=c1c(Cl)c2c(c(Cl)c1O3)=Nc1ccc3c(c1O2)c1ccccc1n3CC.CCn1c2ccccc2c2cc3c(cc21)Oc1c(Cl)c2c(c(Cl)c1=N3)Oc1cc3c(cc1N=2)c1ccccc1n3CC.[HH].[HH].